The first-order valence-electron chi connectivity index (χ1n) is 9.79. The number of H-pyrrole nitrogens is 1. The second-order valence-electron chi connectivity index (χ2n) is 7.03. The number of carbonyl (C=O) groups is 1. The van der Waals surface area contributed by atoms with Gasteiger partial charge >= 0.3 is 0 Å². The van der Waals surface area contributed by atoms with Crippen LogP contribution >= 0.6 is 0 Å². The van der Waals surface area contributed by atoms with Gasteiger partial charge in [0.05, 0.1) is 13.2 Å². The van der Waals surface area contributed by atoms with Gasteiger partial charge in [-0.1, -0.05) is 72.8 Å². The number of aromatic amines is 1. The lowest BCUT2D eigenvalue weighted by atomic mass is 10.1. The average molecular weight is 398 g/mol. The molecule has 0 spiro atoms. The number of hydrogen-bond donors (Lipinski definition) is 2. The Kier molecular flexibility index (Phi) is 6.01. The molecule has 4 rings (SSSR count). The van der Waals surface area contributed by atoms with Gasteiger partial charge in [0, 0.05) is 11.9 Å². The monoisotopic (exact) mass is 398 g/mol. The van der Waals surface area contributed by atoms with Crippen LogP contribution in [0, 0.1) is 0 Å². The van der Waals surface area contributed by atoms with E-state index >= 15 is 0 Å². The molecule has 0 aliphatic heterocycles. The highest BCUT2D eigenvalue weighted by Crippen LogP contribution is 2.13. The normalized spacial score (nSPS) is 10.8. The Labute approximate surface area is 174 Å². The Bertz CT molecular complexity index is 1220. The third-order valence-corrected chi connectivity index (χ3v) is 4.92. The molecule has 4 aromatic rings. The Hall–Kier alpha value is -3.70. The molecule has 5 heteroatoms. The average Bonchev–Trinajstić information content (AvgIpc) is 2.79. The topological polar surface area (TPSA) is 71.2 Å². The zero-order valence-corrected chi connectivity index (χ0v) is 16.4. The van der Waals surface area contributed by atoms with E-state index in [2.05, 4.69) is 10.3 Å². The van der Waals surface area contributed by atoms with Crippen LogP contribution in [-0.2, 0) is 24.5 Å². The van der Waals surface area contributed by atoms with E-state index in [0.717, 1.165) is 22.1 Å². The van der Waals surface area contributed by atoms with Gasteiger partial charge in [0.25, 0.3) is 11.5 Å². The van der Waals surface area contributed by atoms with Crippen molar-refractivity contribution in [3.63, 3.8) is 0 Å². The van der Waals surface area contributed by atoms with E-state index < -0.39 is 0 Å². The maximum atomic E-state index is 12.6. The van der Waals surface area contributed by atoms with Gasteiger partial charge in [-0.15, -0.1) is 0 Å². The second-order valence-corrected chi connectivity index (χ2v) is 7.03. The smallest absolute Gasteiger partial charge is 0.268 e. The lowest BCUT2D eigenvalue weighted by Crippen LogP contribution is -2.26. The molecule has 0 bridgehead atoms. The number of nitrogens with one attached hydrogen (secondary N) is 2. The first-order chi connectivity index (χ1) is 14.7. The van der Waals surface area contributed by atoms with Crippen LogP contribution in [0.25, 0.3) is 10.8 Å². The third kappa shape index (κ3) is 4.64. The largest absolute Gasteiger partial charge is 0.372 e. The first-order valence-corrected chi connectivity index (χ1v) is 9.79. The summed E-state index contributed by atoms with van der Waals surface area (Å²) in [7, 11) is 0. The molecular weight excluding hydrogens is 376 g/mol. The predicted molar refractivity (Wildman–Crippen MR) is 117 cm³/mol. The fraction of sp³-hybridized carbons (Fsp3) is 0.120. The van der Waals surface area contributed by atoms with Crippen molar-refractivity contribution in [2.45, 2.75) is 19.8 Å². The second kappa shape index (κ2) is 9.20. The van der Waals surface area contributed by atoms with Gasteiger partial charge in [0.2, 0.25) is 0 Å². The number of carbonyl (C=O) groups excluding carboxylic acids is 1. The maximum absolute atomic E-state index is 12.6. The summed E-state index contributed by atoms with van der Waals surface area (Å²) in [5.74, 6) is -0.321. The summed E-state index contributed by atoms with van der Waals surface area (Å²) in [5, 5.41) is 4.19. The fourth-order valence-electron chi connectivity index (χ4n) is 3.33. The van der Waals surface area contributed by atoms with Crippen molar-refractivity contribution in [2.75, 3.05) is 0 Å². The number of hydrogen-bond acceptors (Lipinski definition) is 3. The first kappa shape index (κ1) is 19.6. The number of aromatic nitrogens is 1. The standard InChI is InChI=1S/C25H22N2O3/c28-24-22-13-7-6-10-19(22)14-23(27-24)25(29)26-15-20-11-4-5-12-21(20)17-30-16-18-8-2-1-3-9-18/h1-14H,15-17H2,(H,26,29)(H,27,28). The van der Waals surface area contributed by atoms with Gasteiger partial charge in [-0.25, -0.2) is 0 Å². The summed E-state index contributed by atoms with van der Waals surface area (Å²) in [5.41, 5.74) is 3.08. The number of ether oxygens (including phenoxy) is 1. The summed E-state index contributed by atoms with van der Waals surface area (Å²) in [6.45, 7) is 1.33. The van der Waals surface area contributed by atoms with E-state index in [9.17, 15) is 9.59 Å². The number of pyridine rings is 1. The van der Waals surface area contributed by atoms with Gasteiger partial charge in [0.15, 0.2) is 0 Å². The van der Waals surface area contributed by atoms with Gasteiger partial charge in [-0.2, -0.15) is 0 Å². The van der Waals surface area contributed by atoms with Crippen molar-refractivity contribution in [3.05, 3.63) is 118 Å². The van der Waals surface area contributed by atoms with Crippen LogP contribution in [0.3, 0.4) is 0 Å². The summed E-state index contributed by atoms with van der Waals surface area (Å²) >= 11 is 0. The molecule has 150 valence electrons. The lowest BCUT2D eigenvalue weighted by molar-refractivity contribution is 0.0942. The Morgan fingerprint density at radius 2 is 1.53 bits per heavy atom. The van der Waals surface area contributed by atoms with Crippen molar-refractivity contribution < 1.29 is 9.53 Å². The molecule has 0 unspecified atom stereocenters. The molecule has 0 fully saturated rings. The van der Waals surface area contributed by atoms with Crippen LogP contribution in [0.15, 0.2) is 89.7 Å². The molecule has 3 aromatic carbocycles. The van der Waals surface area contributed by atoms with Crippen molar-refractivity contribution in [1.29, 1.82) is 0 Å². The van der Waals surface area contributed by atoms with Crippen LogP contribution < -0.4 is 10.9 Å². The maximum Gasteiger partial charge on any atom is 0.268 e. The zero-order chi connectivity index (χ0) is 20.8. The molecule has 1 amide bonds. The minimum atomic E-state index is -0.321. The molecule has 30 heavy (non-hydrogen) atoms. The molecule has 0 aliphatic rings. The van der Waals surface area contributed by atoms with Crippen LogP contribution in [0.2, 0.25) is 0 Å². The molecule has 1 heterocycles. The molecule has 2 N–H and O–H groups in total. The van der Waals surface area contributed by atoms with Gasteiger partial charge in [-0.3, -0.25) is 9.59 Å². The Morgan fingerprint density at radius 1 is 0.833 bits per heavy atom. The van der Waals surface area contributed by atoms with E-state index in [0.29, 0.717) is 25.1 Å². The van der Waals surface area contributed by atoms with Crippen molar-refractivity contribution >= 4 is 16.7 Å². The highest BCUT2D eigenvalue weighted by atomic mass is 16.5. The molecular formula is C25H22N2O3. The molecule has 0 aliphatic carbocycles. The SMILES string of the molecule is O=C(NCc1ccccc1COCc1ccccc1)c1cc2ccccc2c(=O)[nH]1. The molecule has 5 nitrogen and oxygen atoms in total. The number of benzene rings is 3. The van der Waals surface area contributed by atoms with Gasteiger partial charge in [-0.05, 0) is 34.2 Å². The predicted octanol–water partition coefficient (Wildman–Crippen LogP) is 4.17. The summed E-state index contributed by atoms with van der Waals surface area (Å²) in [4.78, 5) is 27.5. The van der Waals surface area contributed by atoms with Crippen molar-refractivity contribution in [2.24, 2.45) is 0 Å². The van der Waals surface area contributed by atoms with E-state index in [4.69, 9.17) is 4.74 Å². The summed E-state index contributed by atoms with van der Waals surface area (Å²) in [6.07, 6.45) is 0. The summed E-state index contributed by atoms with van der Waals surface area (Å²) < 4.78 is 5.84. The van der Waals surface area contributed by atoms with Crippen LogP contribution in [-0.4, -0.2) is 10.9 Å². The highest BCUT2D eigenvalue weighted by Gasteiger charge is 2.10. The Morgan fingerprint density at radius 3 is 2.37 bits per heavy atom. The van der Waals surface area contributed by atoms with E-state index in [1.165, 1.54) is 0 Å². The lowest BCUT2D eigenvalue weighted by Gasteiger charge is -2.12. The van der Waals surface area contributed by atoms with Crippen LogP contribution in [0.5, 0.6) is 0 Å². The van der Waals surface area contributed by atoms with Crippen LogP contribution in [0.1, 0.15) is 27.2 Å². The van der Waals surface area contributed by atoms with Crippen LogP contribution in [0.4, 0.5) is 0 Å². The molecule has 0 atom stereocenters. The molecule has 1 aromatic heterocycles. The zero-order valence-electron chi connectivity index (χ0n) is 16.4. The third-order valence-electron chi connectivity index (χ3n) is 4.92. The number of rotatable bonds is 7. The molecule has 0 saturated carbocycles. The minimum Gasteiger partial charge on any atom is -0.372 e. The summed E-state index contributed by atoms with van der Waals surface area (Å²) in [6, 6.07) is 26.7. The van der Waals surface area contributed by atoms with E-state index in [-0.39, 0.29) is 17.2 Å². The van der Waals surface area contributed by atoms with E-state index in [1.54, 1.807) is 18.2 Å². The van der Waals surface area contributed by atoms with E-state index in [1.807, 2.05) is 66.7 Å². The number of fused-ring (bicyclic) bond motifs is 1. The van der Waals surface area contributed by atoms with Crippen molar-refractivity contribution in [3.8, 4) is 0 Å². The molecule has 0 radical (unpaired) electrons. The number of amides is 1. The molecule has 0 saturated heterocycles. The van der Waals surface area contributed by atoms with Gasteiger partial charge in [0.1, 0.15) is 5.69 Å². The van der Waals surface area contributed by atoms with Gasteiger partial charge < -0.3 is 15.0 Å². The highest BCUT2D eigenvalue weighted by molar-refractivity contribution is 5.96. The minimum absolute atomic E-state index is 0.247. The fourth-order valence-corrected chi connectivity index (χ4v) is 3.33. The quantitative estimate of drug-likeness (QED) is 0.491. The Balaban J connectivity index is 1.41. The van der Waals surface area contributed by atoms with Crippen molar-refractivity contribution in [1.82, 2.24) is 10.3 Å².